The molecular formula is C10H21NO4. The van der Waals surface area contributed by atoms with Crippen LogP contribution in [-0.2, 0) is 0 Å². The fourth-order valence-corrected chi connectivity index (χ4v) is 1.96. The standard InChI is InChI=1S/C10H21NO4/c12-5-10(6-13,7-14)11-8-3-1-2-4-9(8)15/h8-9,11-15H,1-7H2. The Morgan fingerprint density at radius 3 is 2.00 bits per heavy atom. The molecule has 5 nitrogen and oxygen atoms in total. The molecule has 1 saturated carbocycles. The molecule has 2 atom stereocenters. The number of nitrogens with one attached hydrogen (secondary N) is 1. The van der Waals surface area contributed by atoms with Crippen LogP contribution in [0.3, 0.4) is 0 Å². The molecule has 90 valence electrons. The maximum Gasteiger partial charge on any atom is 0.0884 e. The van der Waals surface area contributed by atoms with Crippen LogP contribution in [0.2, 0.25) is 0 Å². The summed E-state index contributed by atoms with van der Waals surface area (Å²) in [7, 11) is 0. The largest absolute Gasteiger partial charge is 0.394 e. The highest BCUT2D eigenvalue weighted by Crippen LogP contribution is 2.20. The number of hydrogen-bond donors (Lipinski definition) is 5. The minimum atomic E-state index is -1.08. The number of hydrogen-bond acceptors (Lipinski definition) is 5. The lowest BCUT2D eigenvalue weighted by Crippen LogP contribution is -2.61. The molecule has 1 aliphatic rings. The normalized spacial score (nSPS) is 28.0. The molecule has 1 aliphatic carbocycles. The molecule has 0 aromatic rings. The second kappa shape index (κ2) is 5.77. The van der Waals surface area contributed by atoms with Gasteiger partial charge in [0.25, 0.3) is 0 Å². The lowest BCUT2D eigenvalue weighted by molar-refractivity contribution is 0.00402. The van der Waals surface area contributed by atoms with Gasteiger partial charge >= 0.3 is 0 Å². The van der Waals surface area contributed by atoms with Gasteiger partial charge in [-0.1, -0.05) is 12.8 Å². The molecule has 0 aromatic carbocycles. The Kier molecular flexibility index (Phi) is 4.95. The molecule has 0 bridgehead atoms. The van der Waals surface area contributed by atoms with Gasteiger partial charge in [-0.2, -0.15) is 0 Å². The summed E-state index contributed by atoms with van der Waals surface area (Å²) in [4.78, 5) is 0. The minimum Gasteiger partial charge on any atom is -0.394 e. The van der Waals surface area contributed by atoms with Crippen LogP contribution >= 0.6 is 0 Å². The highest BCUT2D eigenvalue weighted by molar-refractivity contribution is 4.93. The van der Waals surface area contributed by atoms with Crippen molar-refractivity contribution in [3.63, 3.8) is 0 Å². The van der Waals surface area contributed by atoms with E-state index in [4.69, 9.17) is 15.3 Å². The maximum atomic E-state index is 9.71. The summed E-state index contributed by atoms with van der Waals surface area (Å²) in [6, 6.07) is -0.148. The third kappa shape index (κ3) is 3.12. The van der Waals surface area contributed by atoms with Crippen LogP contribution in [0.5, 0.6) is 0 Å². The summed E-state index contributed by atoms with van der Waals surface area (Å²) in [5.41, 5.74) is -1.08. The van der Waals surface area contributed by atoms with Crippen molar-refractivity contribution in [1.82, 2.24) is 5.32 Å². The first-order chi connectivity index (χ1) is 7.17. The van der Waals surface area contributed by atoms with Crippen LogP contribution in [0.1, 0.15) is 25.7 Å². The maximum absolute atomic E-state index is 9.71. The Morgan fingerprint density at radius 2 is 1.53 bits per heavy atom. The van der Waals surface area contributed by atoms with E-state index >= 15 is 0 Å². The fraction of sp³-hybridized carbons (Fsp3) is 1.00. The molecule has 5 N–H and O–H groups in total. The number of aliphatic hydroxyl groups excluding tert-OH is 4. The van der Waals surface area contributed by atoms with Crippen LogP contribution in [0.15, 0.2) is 0 Å². The third-order valence-corrected chi connectivity index (χ3v) is 3.13. The van der Waals surface area contributed by atoms with Gasteiger partial charge in [0, 0.05) is 6.04 Å². The van der Waals surface area contributed by atoms with Gasteiger partial charge in [-0.3, -0.25) is 5.32 Å². The minimum absolute atomic E-state index is 0.148. The molecular weight excluding hydrogens is 198 g/mol. The van der Waals surface area contributed by atoms with E-state index in [1.165, 1.54) is 0 Å². The quantitative estimate of drug-likeness (QED) is 0.392. The molecule has 0 radical (unpaired) electrons. The van der Waals surface area contributed by atoms with Crippen molar-refractivity contribution in [3.05, 3.63) is 0 Å². The van der Waals surface area contributed by atoms with Gasteiger partial charge in [0.15, 0.2) is 0 Å². The molecule has 0 amide bonds. The zero-order valence-corrected chi connectivity index (χ0v) is 8.89. The molecule has 2 unspecified atom stereocenters. The number of aliphatic hydroxyl groups is 4. The summed E-state index contributed by atoms with van der Waals surface area (Å²) < 4.78 is 0. The topological polar surface area (TPSA) is 93.0 Å². The van der Waals surface area contributed by atoms with Crippen molar-refractivity contribution in [1.29, 1.82) is 0 Å². The average Bonchev–Trinajstić information content (AvgIpc) is 2.29. The Morgan fingerprint density at radius 1 is 1.00 bits per heavy atom. The van der Waals surface area contributed by atoms with Crippen molar-refractivity contribution in [2.24, 2.45) is 0 Å². The summed E-state index contributed by atoms with van der Waals surface area (Å²) in [5.74, 6) is 0. The summed E-state index contributed by atoms with van der Waals surface area (Å²) >= 11 is 0. The van der Waals surface area contributed by atoms with E-state index < -0.39 is 11.6 Å². The fourth-order valence-electron chi connectivity index (χ4n) is 1.96. The van der Waals surface area contributed by atoms with Gasteiger partial charge in [-0.05, 0) is 12.8 Å². The van der Waals surface area contributed by atoms with Gasteiger partial charge in [0.05, 0.1) is 31.5 Å². The number of rotatable bonds is 5. The van der Waals surface area contributed by atoms with Crippen molar-refractivity contribution in [2.45, 2.75) is 43.4 Å². The van der Waals surface area contributed by atoms with E-state index in [2.05, 4.69) is 5.32 Å². The molecule has 0 aliphatic heterocycles. The monoisotopic (exact) mass is 219 g/mol. The predicted octanol–water partition coefficient (Wildman–Crippen LogP) is -1.40. The Bertz CT molecular complexity index is 176. The molecule has 1 rings (SSSR count). The zero-order valence-electron chi connectivity index (χ0n) is 8.89. The van der Waals surface area contributed by atoms with Gasteiger partial charge in [-0.15, -0.1) is 0 Å². The van der Waals surface area contributed by atoms with E-state index in [1.807, 2.05) is 0 Å². The van der Waals surface area contributed by atoms with Crippen LogP contribution in [0, 0.1) is 0 Å². The Balaban J connectivity index is 2.56. The Hall–Kier alpha value is -0.200. The highest BCUT2D eigenvalue weighted by atomic mass is 16.3. The van der Waals surface area contributed by atoms with Crippen LogP contribution in [0.25, 0.3) is 0 Å². The lowest BCUT2D eigenvalue weighted by Gasteiger charge is -2.37. The van der Waals surface area contributed by atoms with Crippen LogP contribution in [-0.4, -0.2) is 57.9 Å². The van der Waals surface area contributed by atoms with Gasteiger partial charge < -0.3 is 20.4 Å². The molecule has 0 aromatic heterocycles. The van der Waals surface area contributed by atoms with Crippen molar-refractivity contribution < 1.29 is 20.4 Å². The first-order valence-corrected chi connectivity index (χ1v) is 5.46. The van der Waals surface area contributed by atoms with Crippen LogP contribution < -0.4 is 5.32 Å². The first kappa shape index (κ1) is 12.9. The average molecular weight is 219 g/mol. The molecule has 5 heteroatoms. The van der Waals surface area contributed by atoms with E-state index in [-0.39, 0.29) is 25.9 Å². The summed E-state index contributed by atoms with van der Waals surface area (Å²) in [5, 5.41) is 40.1. The van der Waals surface area contributed by atoms with E-state index in [9.17, 15) is 5.11 Å². The molecule has 15 heavy (non-hydrogen) atoms. The predicted molar refractivity (Wildman–Crippen MR) is 55.4 cm³/mol. The summed E-state index contributed by atoms with van der Waals surface area (Å²) in [6.45, 7) is -1.03. The van der Waals surface area contributed by atoms with Crippen molar-refractivity contribution >= 4 is 0 Å². The molecule has 0 saturated heterocycles. The smallest absolute Gasteiger partial charge is 0.0884 e. The molecule has 0 spiro atoms. The second-order valence-corrected chi connectivity index (χ2v) is 4.36. The third-order valence-electron chi connectivity index (χ3n) is 3.13. The first-order valence-electron chi connectivity index (χ1n) is 5.46. The van der Waals surface area contributed by atoms with Gasteiger partial charge in [0.2, 0.25) is 0 Å². The highest BCUT2D eigenvalue weighted by Gasteiger charge is 2.34. The lowest BCUT2D eigenvalue weighted by atomic mass is 9.90. The Labute approximate surface area is 89.7 Å². The van der Waals surface area contributed by atoms with Crippen molar-refractivity contribution in [2.75, 3.05) is 19.8 Å². The second-order valence-electron chi connectivity index (χ2n) is 4.36. The van der Waals surface area contributed by atoms with Crippen LogP contribution in [0.4, 0.5) is 0 Å². The van der Waals surface area contributed by atoms with E-state index in [1.54, 1.807) is 0 Å². The SMILES string of the molecule is OCC(CO)(CO)NC1CCCCC1O. The van der Waals surface area contributed by atoms with Gasteiger partial charge in [0.1, 0.15) is 0 Å². The van der Waals surface area contributed by atoms with Crippen molar-refractivity contribution in [3.8, 4) is 0 Å². The summed E-state index contributed by atoms with van der Waals surface area (Å²) in [6.07, 6.45) is 3.11. The molecule has 0 heterocycles. The molecule has 1 fully saturated rings. The van der Waals surface area contributed by atoms with Gasteiger partial charge in [-0.25, -0.2) is 0 Å². The van der Waals surface area contributed by atoms with E-state index in [0.29, 0.717) is 0 Å². The zero-order chi connectivity index (χ0) is 11.3. The van der Waals surface area contributed by atoms with E-state index in [0.717, 1.165) is 25.7 Å².